The maximum atomic E-state index is 13.8. The van der Waals surface area contributed by atoms with Crippen molar-refractivity contribution in [3.8, 4) is 0 Å². The Balaban J connectivity index is 1.70. The molecule has 1 amide bonds. The summed E-state index contributed by atoms with van der Waals surface area (Å²) in [6.07, 6.45) is 0. The van der Waals surface area contributed by atoms with Gasteiger partial charge in [-0.3, -0.25) is 4.79 Å². The molecule has 124 valence electrons. The number of hydrogen-bond acceptors (Lipinski definition) is 4. The molecule has 0 saturated heterocycles. The lowest BCUT2D eigenvalue weighted by Crippen LogP contribution is -2.32. The van der Waals surface area contributed by atoms with Crippen molar-refractivity contribution in [2.24, 2.45) is 0 Å². The standard InChI is InChI=1S/C17H15ClFN3OS/c1-9(17(23)22-14-5-3-11(18)7-13(14)19)20-12-4-6-15-16(8-12)24-10(2)21-15/h3-9,20H,1-2H3,(H,22,23). The van der Waals surface area contributed by atoms with Crippen molar-refractivity contribution in [3.63, 3.8) is 0 Å². The minimum atomic E-state index is -0.565. The molecule has 0 aliphatic carbocycles. The molecule has 24 heavy (non-hydrogen) atoms. The van der Waals surface area contributed by atoms with E-state index in [-0.39, 0.29) is 16.6 Å². The van der Waals surface area contributed by atoms with Crippen LogP contribution in [0, 0.1) is 12.7 Å². The Bertz CT molecular complexity index is 912. The first-order valence-corrected chi connectivity index (χ1v) is 8.51. The van der Waals surface area contributed by atoms with Crippen LogP contribution in [0.15, 0.2) is 36.4 Å². The molecule has 1 heterocycles. The van der Waals surface area contributed by atoms with Crippen molar-refractivity contribution in [2.75, 3.05) is 10.6 Å². The third-order valence-electron chi connectivity index (χ3n) is 3.46. The van der Waals surface area contributed by atoms with Gasteiger partial charge in [0.25, 0.3) is 0 Å². The highest BCUT2D eigenvalue weighted by Crippen LogP contribution is 2.25. The van der Waals surface area contributed by atoms with E-state index in [0.29, 0.717) is 0 Å². The molecule has 0 aliphatic rings. The summed E-state index contributed by atoms with van der Waals surface area (Å²) in [6, 6.07) is 9.32. The van der Waals surface area contributed by atoms with Gasteiger partial charge in [-0.1, -0.05) is 11.6 Å². The second kappa shape index (κ2) is 6.75. The summed E-state index contributed by atoms with van der Waals surface area (Å²) in [5.74, 6) is -0.901. The number of anilines is 2. The average molecular weight is 364 g/mol. The normalized spacial score (nSPS) is 12.2. The van der Waals surface area contributed by atoms with Gasteiger partial charge in [0.05, 0.1) is 20.9 Å². The molecule has 0 saturated carbocycles. The molecule has 2 aromatic carbocycles. The van der Waals surface area contributed by atoms with Crippen LogP contribution in [0.3, 0.4) is 0 Å². The van der Waals surface area contributed by atoms with Crippen LogP contribution in [0.1, 0.15) is 11.9 Å². The number of thiazole rings is 1. The van der Waals surface area contributed by atoms with Gasteiger partial charge >= 0.3 is 0 Å². The fourth-order valence-electron chi connectivity index (χ4n) is 2.28. The van der Waals surface area contributed by atoms with Crippen molar-refractivity contribution in [1.82, 2.24) is 4.98 Å². The number of rotatable bonds is 4. The highest BCUT2D eigenvalue weighted by molar-refractivity contribution is 7.18. The zero-order valence-corrected chi connectivity index (χ0v) is 14.6. The van der Waals surface area contributed by atoms with Crippen LogP contribution in [0.5, 0.6) is 0 Å². The number of amides is 1. The van der Waals surface area contributed by atoms with Gasteiger partial charge in [-0.05, 0) is 50.2 Å². The van der Waals surface area contributed by atoms with Gasteiger partial charge in [-0.15, -0.1) is 11.3 Å². The summed E-state index contributed by atoms with van der Waals surface area (Å²) < 4.78 is 14.8. The van der Waals surface area contributed by atoms with E-state index in [0.717, 1.165) is 27.0 Å². The number of carbonyl (C=O) groups is 1. The SMILES string of the molecule is Cc1nc2ccc(NC(C)C(=O)Nc3ccc(Cl)cc3F)cc2s1. The smallest absolute Gasteiger partial charge is 0.246 e. The molecule has 1 aromatic heterocycles. The number of nitrogens with one attached hydrogen (secondary N) is 2. The van der Waals surface area contributed by atoms with E-state index >= 15 is 0 Å². The Hall–Kier alpha value is -2.18. The van der Waals surface area contributed by atoms with Crippen molar-refractivity contribution >= 4 is 50.4 Å². The van der Waals surface area contributed by atoms with Crippen LogP contribution in [0.4, 0.5) is 15.8 Å². The van der Waals surface area contributed by atoms with Gasteiger partial charge in [-0.2, -0.15) is 0 Å². The molecule has 3 rings (SSSR count). The van der Waals surface area contributed by atoms with E-state index in [9.17, 15) is 9.18 Å². The number of hydrogen-bond donors (Lipinski definition) is 2. The molecule has 2 N–H and O–H groups in total. The molecule has 0 fully saturated rings. The molecule has 1 atom stereocenters. The fourth-order valence-corrected chi connectivity index (χ4v) is 3.30. The number of aryl methyl sites for hydroxylation is 1. The van der Waals surface area contributed by atoms with Gasteiger partial charge < -0.3 is 10.6 Å². The van der Waals surface area contributed by atoms with E-state index in [1.54, 1.807) is 18.3 Å². The molecule has 0 aliphatic heterocycles. The molecule has 0 radical (unpaired) electrons. The first-order valence-electron chi connectivity index (χ1n) is 7.32. The quantitative estimate of drug-likeness (QED) is 0.697. The lowest BCUT2D eigenvalue weighted by atomic mass is 10.2. The lowest BCUT2D eigenvalue weighted by molar-refractivity contribution is -0.116. The zero-order valence-electron chi connectivity index (χ0n) is 13.1. The van der Waals surface area contributed by atoms with Crippen molar-refractivity contribution < 1.29 is 9.18 Å². The Labute approximate surface area is 147 Å². The van der Waals surface area contributed by atoms with Gasteiger partial charge in [-0.25, -0.2) is 9.37 Å². The third-order valence-corrected chi connectivity index (χ3v) is 4.63. The number of aromatic nitrogens is 1. The highest BCUT2D eigenvalue weighted by Gasteiger charge is 2.15. The van der Waals surface area contributed by atoms with Crippen molar-refractivity contribution in [2.45, 2.75) is 19.9 Å². The molecular formula is C17H15ClFN3OS. The number of carbonyl (C=O) groups excluding carboxylic acids is 1. The molecule has 1 unspecified atom stereocenters. The number of fused-ring (bicyclic) bond motifs is 1. The lowest BCUT2D eigenvalue weighted by Gasteiger charge is -2.15. The second-order valence-corrected chi connectivity index (χ2v) is 7.07. The Morgan fingerprint density at radius 3 is 2.83 bits per heavy atom. The van der Waals surface area contributed by atoms with Gasteiger partial charge in [0.2, 0.25) is 5.91 Å². The maximum absolute atomic E-state index is 13.8. The summed E-state index contributed by atoms with van der Waals surface area (Å²) in [5, 5.41) is 6.94. The number of nitrogens with zero attached hydrogens (tertiary/aromatic N) is 1. The number of benzene rings is 2. The Morgan fingerprint density at radius 2 is 2.08 bits per heavy atom. The van der Waals surface area contributed by atoms with E-state index in [4.69, 9.17) is 11.6 Å². The van der Waals surface area contributed by atoms with Gasteiger partial charge in [0.1, 0.15) is 11.9 Å². The molecule has 4 nitrogen and oxygen atoms in total. The minimum absolute atomic E-state index is 0.103. The number of halogens is 2. The van der Waals surface area contributed by atoms with Gasteiger partial charge in [0.15, 0.2) is 0 Å². The average Bonchev–Trinajstić information content (AvgIpc) is 2.89. The molecular weight excluding hydrogens is 349 g/mol. The minimum Gasteiger partial charge on any atom is -0.374 e. The summed E-state index contributed by atoms with van der Waals surface area (Å²) in [5.41, 5.74) is 1.85. The Kier molecular flexibility index (Phi) is 4.69. The van der Waals surface area contributed by atoms with Crippen LogP contribution in [0.25, 0.3) is 10.2 Å². The van der Waals surface area contributed by atoms with Crippen LogP contribution < -0.4 is 10.6 Å². The summed E-state index contributed by atoms with van der Waals surface area (Å²) in [6.45, 7) is 3.67. The fraction of sp³-hybridized carbons (Fsp3) is 0.176. The molecule has 7 heteroatoms. The van der Waals surface area contributed by atoms with Crippen molar-refractivity contribution in [1.29, 1.82) is 0 Å². The van der Waals surface area contributed by atoms with Crippen LogP contribution >= 0.6 is 22.9 Å². The maximum Gasteiger partial charge on any atom is 0.246 e. The monoisotopic (exact) mass is 363 g/mol. The first-order chi connectivity index (χ1) is 11.4. The second-order valence-electron chi connectivity index (χ2n) is 5.39. The van der Waals surface area contributed by atoms with E-state index in [1.165, 1.54) is 12.1 Å². The Morgan fingerprint density at radius 1 is 1.29 bits per heavy atom. The van der Waals surface area contributed by atoms with E-state index in [2.05, 4.69) is 15.6 Å². The highest BCUT2D eigenvalue weighted by atomic mass is 35.5. The van der Waals surface area contributed by atoms with Crippen molar-refractivity contribution in [3.05, 3.63) is 52.2 Å². The first kappa shape index (κ1) is 16.7. The summed E-state index contributed by atoms with van der Waals surface area (Å²) in [7, 11) is 0. The predicted molar refractivity (Wildman–Crippen MR) is 97.5 cm³/mol. The molecule has 3 aromatic rings. The van der Waals surface area contributed by atoms with Gasteiger partial charge in [0, 0.05) is 10.7 Å². The largest absolute Gasteiger partial charge is 0.374 e. The van der Waals surface area contributed by atoms with Crippen LogP contribution in [-0.2, 0) is 4.79 Å². The third kappa shape index (κ3) is 3.66. The summed E-state index contributed by atoms with van der Waals surface area (Å²) >= 11 is 7.30. The van der Waals surface area contributed by atoms with E-state index < -0.39 is 11.9 Å². The van der Waals surface area contributed by atoms with Crippen LogP contribution in [-0.4, -0.2) is 16.9 Å². The predicted octanol–water partition coefficient (Wildman–Crippen LogP) is 4.84. The zero-order chi connectivity index (χ0) is 17.3. The topological polar surface area (TPSA) is 54.0 Å². The molecule has 0 bridgehead atoms. The van der Waals surface area contributed by atoms with E-state index in [1.807, 2.05) is 25.1 Å². The summed E-state index contributed by atoms with van der Waals surface area (Å²) in [4.78, 5) is 16.6. The van der Waals surface area contributed by atoms with Crippen LogP contribution in [0.2, 0.25) is 5.02 Å². The molecule has 0 spiro atoms.